The summed E-state index contributed by atoms with van der Waals surface area (Å²) in [5.74, 6) is -1.93. The van der Waals surface area contributed by atoms with Crippen LogP contribution in [0.2, 0.25) is 0 Å². The smallest absolute Gasteiger partial charge is 0.360 e. The van der Waals surface area contributed by atoms with E-state index in [1.807, 2.05) is 0 Å². The van der Waals surface area contributed by atoms with E-state index >= 15 is 0 Å². The fraction of sp³-hybridized carbons (Fsp3) is 0.231. The van der Waals surface area contributed by atoms with Crippen molar-refractivity contribution in [2.75, 3.05) is 6.61 Å². The third-order valence-electron chi connectivity index (χ3n) is 2.42. The van der Waals surface area contributed by atoms with Crippen molar-refractivity contribution in [3.8, 4) is 11.5 Å². The van der Waals surface area contributed by atoms with Gasteiger partial charge in [0, 0.05) is 0 Å². The molecule has 0 amide bonds. The van der Waals surface area contributed by atoms with Crippen molar-refractivity contribution in [3.05, 3.63) is 41.3 Å². The van der Waals surface area contributed by atoms with Crippen LogP contribution in [0, 0.1) is 18.6 Å². The van der Waals surface area contributed by atoms with Crippen LogP contribution in [-0.2, 0) is 4.74 Å². The second kappa shape index (κ2) is 5.17. The fourth-order valence-electron chi connectivity index (χ4n) is 1.56. The number of esters is 1. The Labute approximate surface area is 108 Å². The van der Waals surface area contributed by atoms with Crippen LogP contribution < -0.4 is 0 Å². The predicted octanol–water partition coefficient (Wildman–Crippen LogP) is 3.10. The number of aromatic nitrogens is 1. The highest BCUT2D eigenvalue weighted by atomic mass is 19.1. The lowest BCUT2D eigenvalue weighted by atomic mass is 10.2. The summed E-state index contributed by atoms with van der Waals surface area (Å²) < 4.78 is 36.6. The molecule has 0 radical (unpaired) electrons. The van der Waals surface area contributed by atoms with Gasteiger partial charge in [0.2, 0.25) is 5.89 Å². The third-order valence-corrected chi connectivity index (χ3v) is 2.42. The van der Waals surface area contributed by atoms with E-state index in [-0.39, 0.29) is 29.5 Å². The number of nitrogens with zero attached hydrogens (tertiary/aromatic N) is 1. The molecule has 1 heterocycles. The molecule has 0 bridgehead atoms. The molecule has 4 nitrogen and oxygen atoms in total. The molecule has 0 fully saturated rings. The number of oxazole rings is 1. The van der Waals surface area contributed by atoms with Gasteiger partial charge in [-0.05, 0) is 32.0 Å². The zero-order valence-electron chi connectivity index (χ0n) is 10.4. The van der Waals surface area contributed by atoms with Gasteiger partial charge in [0.15, 0.2) is 5.69 Å². The van der Waals surface area contributed by atoms with Gasteiger partial charge in [0.1, 0.15) is 17.4 Å². The van der Waals surface area contributed by atoms with E-state index < -0.39 is 17.6 Å². The van der Waals surface area contributed by atoms with Crippen molar-refractivity contribution in [3.63, 3.8) is 0 Å². The monoisotopic (exact) mass is 267 g/mol. The number of ether oxygens (including phenoxy) is 1. The van der Waals surface area contributed by atoms with E-state index in [1.54, 1.807) is 6.92 Å². The highest BCUT2D eigenvalue weighted by molar-refractivity contribution is 5.88. The second-order valence-electron chi connectivity index (χ2n) is 3.77. The van der Waals surface area contributed by atoms with Gasteiger partial charge in [-0.25, -0.2) is 18.6 Å². The van der Waals surface area contributed by atoms with Crippen molar-refractivity contribution in [2.24, 2.45) is 0 Å². The molecule has 0 N–H and O–H groups in total. The van der Waals surface area contributed by atoms with Gasteiger partial charge in [-0.15, -0.1) is 0 Å². The van der Waals surface area contributed by atoms with Gasteiger partial charge >= 0.3 is 5.97 Å². The minimum Gasteiger partial charge on any atom is -0.461 e. The molecular weight excluding hydrogens is 256 g/mol. The molecular formula is C13H11F2NO3. The molecule has 0 saturated heterocycles. The number of carbonyl (C=O) groups excluding carboxylic acids is 1. The van der Waals surface area contributed by atoms with E-state index in [0.717, 1.165) is 18.2 Å². The van der Waals surface area contributed by atoms with Gasteiger partial charge < -0.3 is 9.15 Å². The molecule has 2 rings (SSSR count). The Morgan fingerprint density at radius 2 is 2.16 bits per heavy atom. The zero-order valence-corrected chi connectivity index (χ0v) is 10.4. The van der Waals surface area contributed by atoms with E-state index in [4.69, 9.17) is 9.15 Å². The Kier molecular flexibility index (Phi) is 3.59. The van der Waals surface area contributed by atoms with E-state index in [9.17, 15) is 13.6 Å². The maximum Gasteiger partial charge on any atom is 0.360 e. The van der Waals surface area contributed by atoms with Crippen LogP contribution in [0.1, 0.15) is 23.2 Å². The quantitative estimate of drug-likeness (QED) is 0.802. The van der Waals surface area contributed by atoms with Crippen LogP contribution in [0.4, 0.5) is 8.78 Å². The summed E-state index contributed by atoms with van der Waals surface area (Å²) in [4.78, 5) is 15.4. The Bertz CT molecular complexity index is 622. The molecule has 0 atom stereocenters. The highest BCUT2D eigenvalue weighted by Gasteiger charge is 2.21. The standard InChI is InChI=1S/C13H11F2NO3/c1-3-18-13(17)11-7(2)19-12(16-11)9-6-8(14)4-5-10(9)15/h4-6H,3H2,1-2H3. The Balaban J connectivity index is 2.44. The van der Waals surface area contributed by atoms with Crippen molar-refractivity contribution in [1.82, 2.24) is 4.98 Å². The maximum atomic E-state index is 13.6. The first-order chi connectivity index (χ1) is 9.02. The molecule has 100 valence electrons. The zero-order chi connectivity index (χ0) is 14.0. The number of hydrogen-bond donors (Lipinski definition) is 0. The Morgan fingerprint density at radius 3 is 2.84 bits per heavy atom. The normalized spacial score (nSPS) is 10.5. The van der Waals surface area contributed by atoms with E-state index in [0.29, 0.717) is 0 Å². The van der Waals surface area contributed by atoms with Crippen LogP contribution in [0.25, 0.3) is 11.5 Å². The average molecular weight is 267 g/mol. The van der Waals surface area contributed by atoms with Crippen LogP contribution in [0.3, 0.4) is 0 Å². The van der Waals surface area contributed by atoms with Crippen molar-refractivity contribution < 1.29 is 22.7 Å². The first-order valence-electron chi connectivity index (χ1n) is 5.63. The lowest BCUT2D eigenvalue weighted by Crippen LogP contribution is -2.06. The topological polar surface area (TPSA) is 52.3 Å². The van der Waals surface area contributed by atoms with Crippen LogP contribution in [0.15, 0.2) is 22.6 Å². The number of rotatable bonds is 3. The molecule has 0 saturated carbocycles. The summed E-state index contributed by atoms with van der Waals surface area (Å²) in [5, 5.41) is 0. The minimum absolute atomic E-state index is 0.0412. The molecule has 2 aromatic rings. The molecule has 1 aromatic carbocycles. The molecule has 0 aliphatic heterocycles. The maximum absolute atomic E-state index is 13.6. The third kappa shape index (κ3) is 2.62. The van der Waals surface area contributed by atoms with Crippen LogP contribution in [-0.4, -0.2) is 17.6 Å². The van der Waals surface area contributed by atoms with Gasteiger partial charge in [0.25, 0.3) is 0 Å². The molecule has 0 aliphatic rings. The first-order valence-corrected chi connectivity index (χ1v) is 5.63. The number of benzene rings is 1. The lowest BCUT2D eigenvalue weighted by molar-refractivity contribution is 0.0518. The number of hydrogen-bond acceptors (Lipinski definition) is 4. The van der Waals surface area contributed by atoms with Crippen molar-refractivity contribution in [1.29, 1.82) is 0 Å². The number of aryl methyl sites for hydroxylation is 1. The van der Waals surface area contributed by atoms with Gasteiger partial charge in [0.05, 0.1) is 12.2 Å². The summed E-state index contributed by atoms with van der Waals surface area (Å²) in [6, 6.07) is 2.91. The first kappa shape index (κ1) is 13.2. The molecule has 0 aliphatic carbocycles. The minimum atomic E-state index is -0.682. The van der Waals surface area contributed by atoms with Crippen LogP contribution in [0.5, 0.6) is 0 Å². The highest BCUT2D eigenvalue weighted by Crippen LogP contribution is 2.25. The molecule has 1 aromatic heterocycles. The lowest BCUT2D eigenvalue weighted by Gasteiger charge is -1.98. The summed E-state index contributed by atoms with van der Waals surface area (Å²) in [7, 11) is 0. The summed E-state index contributed by atoms with van der Waals surface area (Å²) in [5.41, 5.74) is -0.181. The summed E-state index contributed by atoms with van der Waals surface area (Å²) in [6.07, 6.45) is 0. The second-order valence-corrected chi connectivity index (χ2v) is 3.77. The van der Waals surface area contributed by atoms with Crippen LogP contribution >= 0.6 is 0 Å². The Morgan fingerprint density at radius 1 is 1.42 bits per heavy atom. The van der Waals surface area contributed by atoms with Gasteiger partial charge in [-0.2, -0.15) is 0 Å². The average Bonchev–Trinajstić information content (AvgIpc) is 2.74. The summed E-state index contributed by atoms with van der Waals surface area (Å²) in [6.45, 7) is 3.34. The Hall–Kier alpha value is -2.24. The van der Waals surface area contributed by atoms with Crippen molar-refractivity contribution in [2.45, 2.75) is 13.8 Å². The predicted molar refractivity (Wildman–Crippen MR) is 62.5 cm³/mol. The SMILES string of the molecule is CCOC(=O)c1nc(-c2cc(F)ccc2F)oc1C. The van der Waals surface area contributed by atoms with Crippen molar-refractivity contribution >= 4 is 5.97 Å². The van der Waals surface area contributed by atoms with Gasteiger partial charge in [-0.1, -0.05) is 0 Å². The fourth-order valence-corrected chi connectivity index (χ4v) is 1.56. The molecule has 19 heavy (non-hydrogen) atoms. The number of carbonyl (C=O) groups is 1. The molecule has 0 unspecified atom stereocenters. The van der Waals surface area contributed by atoms with E-state index in [1.165, 1.54) is 6.92 Å². The molecule has 0 spiro atoms. The largest absolute Gasteiger partial charge is 0.461 e. The molecule has 6 heteroatoms. The van der Waals surface area contributed by atoms with E-state index in [2.05, 4.69) is 4.98 Å². The summed E-state index contributed by atoms with van der Waals surface area (Å²) >= 11 is 0. The van der Waals surface area contributed by atoms with Gasteiger partial charge in [-0.3, -0.25) is 0 Å². The number of halogens is 2.